The number of guanidine groups is 1. The Morgan fingerprint density at radius 3 is 2.54 bits per heavy atom. The van der Waals surface area contributed by atoms with Crippen LogP contribution in [0.4, 0.5) is 5.69 Å². The number of pyridine rings is 1. The van der Waals surface area contributed by atoms with E-state index < -0.39 is 0 Å². The molecule has 0 unspecified atom stereocenters. The van der Waals surface area contributed by atoms with Crippen molar-refractivity contribution in [2.45, 2.75) is 6.61 Å². The van der Waals surface area contributed by atoms with Gasteiger partial charge >= 0.3 is 0 Å². The monoisotopic (exact) mass is 438 g/mol. The van der Waals surface area contributed by atoms with Gasteiger partial charge in [-0.15, -0.1) is 24.8 Å². The highest BCUT2D eigenvalue weighted by Crippen LogP contribution is 2.33. The van der Waals surface area contributed by atoms with Crippen LogP contribution in [0.15, 0.2) is 41.5 Å². The van der Waals surface area contributed by atoms with Gasteiger partial charge in [-0.05, 0) is 24.3 Å². The van der Waals surface area contributed by atoms with E-state index in [0.29, 0.717) is 40.6 Å². The molecule has 0 amide bonds. The fourth-order valence-electron chi connectivity index (χ4n) is 2.15. The quantitative estimate of drug-likeness (QED) is 0.753. The van der Waals surface area contributed by atoms with E-state index >= 15 is 0 Å². The molecule has 0 spiro atoms. The van der Waals surface area contributed by atoms with Crippen molar-refractivity contribution < 1.29 is 9.57 Å². The lowest BCUT2D eigenvalue weighted by Crippen LogP contribution is -2.30. The minimum Gasteiger partial charge on any atom is -0.495 e. The molecule has 1 N–H and O–H groups in total. The van der Waals surface area contributed by atoms with Gasteiger partial charge in [0.15, 0.2) is 0 Å². The number of aliphatic imine (C=N–C) groups is 1. The number of ether oxygens (including phenoxy) is 1. The molecule has 1 aromatic heterocycles. The number of para-hydroxylation sites is 1. The number of halogens is 4. The first-order valence-corrected chi connectivity index (χ1v) is 8.09. The highest BCUT2D eigenvalue weighted by Gasteiger charge is 2.20. The first-order chi connectivity index (χ1) is 11.7. The molecule has 1 aromatic carbocycles. The zero-order valence-corrected chi connectivity index (χ0v) is 17.0. The Labute approximate surface area is 174 Å². The summed E-state index contributed by atoms with van der Waals surface area (Å²) in [5.41, 5.74) is 1.30. The summed E-state index contributed by atoms with van der Waals surface area (Å²) in [5, 5.41) is 5.80. The number of methoxy groups -OCH3 is 1. The van der Waals surface area contributed by atoms with Crippen LogP contribution in [-0.2, 0) is 11.4 Å². The molecule has 0 aliphatic carbocycles. The Morgan fingerprint density at radius 1 is 1.19 bits per heavy atom. The van der Waals surface area contributed by atoms with Crippen molar-refractivity contribution >= 4 is 59.7 Å². The van der Waals surface area contributed by atoms with Crippen LogP contribution in [0.1, 0.15) is 5.69 Å². The van der Waals surface area contributed by atoms with Crippen molar-refractivity contribution in [3.63, 3.8) is 0 Å². The predicted octanol–water partition coefficient (Wildman–Crippen LogP) is 4.27. The minimum atomic E-state index is 0. The second-order valence-electron chi connectivity index (χ2n) is 5.00. The van der Waals surface area contributed by atoms with Gasteiger partial charge in [-0.2, -0.15) is 0 Å². The van der Waals surface area contributed by atoms with Crippen molar-refractivity contribution in [1.29, 1.82) is 0 Å². The normalized spacial score (nSPS) is 14.4. The molecule has 1 saturated heterocycles. The zero-order valence-electron chi connectivity index (χ0n) is 13.8. The van der Waals surface area contributed by atoms with Gasteiger partial charge in [-0.25, -0.2) is 10.1 Å². The largest absolute Gasteiger partial charge is 0.495 e. The van der Waals surface area contributed by atoms with E-state index in [4.69, 9.17) is 32.8 Å². The van der Waals surface area contributed by atoms with Crippen molar-refractivity contribution in [3.05, 3.63) is 52.3 Å². The zero-order chi connectivity index (χ0) is 16.9. The topological polar surface area (TPSA) is 59.0 Å². The van der Waals surface area contributed by atoms with E-state index in [1.165, 1.54) is 0 Å². The van der Waals surface area contributed by atoms with Gasteiger partial charge in [0.25, 0.3) is 0 Å². The summed E-state index contributed by atoms with van der Waals surface area (Å²) in [6.07, 6.45) is 1.65. The molecule has 1 aliphatic rings. The van der Waals surface area contributed by atoms with Gasteiger partial charge < -0.3 is 10.1 Å². The molecule has 0 saturated carbocycles. The van der Waals surface area contributed by atoms with Gasteiger partial charge in [-0.1, -0.05) is 29.3 Å². The summed E-state index contributed by atoms with van der Waals surface area (Å²) >= 11 is 12.3. The number of benzene rings is 1. The van der Waals surface area contributed by atoms with Crippen molar-refractivity contribution in [2.75, 3.05) is 20.2 Å². The lowest BCUT2D eigenvalue weighted by atomic mass is 10.3. The first kappa shape index (κ1) is 22.6. The van der Waals surface area contributed by atoms with Crippen LogP contribution in [0.5, 0.6) is 5.75 Å². The molecular formula is C16H18Cl4N4O2. The molecule has 142 valence electrons. The summed E-state index contributed by atoms with van der Waals surface area (Å²) in [5.74, 6) is 1.27. The molecule has 2 aromatic rings. The highest BCUT2D eigenvalue weighted by atomic mass is 35.5. The number of hydrogen-bond acceptors (Lipinski definition) is 4. The number of nitrogens with one attached hydrogen (secondary N) is 1. The van der Waals surface area contributed by atoms with Crippen LogP contribution in [0.25, 0.3) is 0 Å². The Hall–Kier alpha value is -1.44. The second kappa shape index (κ2) is 10.6. The van der Waals surface area contributed by atoms with E-state index in [2.05, 4.69) is 15.3 Å². The number of aromatic nitrogens is 1. The maximum Gasteiger partial charge on any atom is 0.223 e. The summed E-state index contributed by atoms with van der Waals surface area (Å²) in [7, 11) is 1.60. The maximum absolute atomic E-state index is 6.16. The lowest BCUT2D eigenvalue weighted by molar-refractivity contribution is -0.103. The second-order valence-corrected chi connectivity index (χ2v) is 5.81. The van der Waals surface area contributed by atoms with Crippen molar-refractivity contribution in [3.8, 4) is 5.75 Å². The van der Waals surface area contributed by atoms with Gasteiger partial charge in [0.05, 0.1) is 35.6 Å². The third-order valence-corrected chi connectivity index (χ3v) is 4.00. The summed E-state index contributed by atoms with van der Waals surface area (Å²) in [6, 6.07) is 8.96. The van der Waals surface area contributed by atoms with Crippen LogP contribution in [0.3, 0.4) is 0 Å². The van der Waals surface area contributed by atoms with Gasteiger partial charge in [0, 0.05) is 6.54 Å². The predicted molar refractivity (Wildman–Crippen MR) is 108 cm³/mol. The van der Waals surface area contributed by atoms with Gasteiger partial charge in [0.2, 0.25) is 5.96 Å². The molecule has 0 bridgehead atoms. The van der Waals surface area contributed by atoms with Gasteiger partial charge in [-0.3, -0.25) is 9.82 Å². The van der Waals surface area contributed by atoms with Crippen LogP contribution < -0.4 is 10.1 Å². The summed E-state index contributed by atoms with van der Waals surface area (Å²) in [4.78, 5) is 14.5. The SMILES string of the molecule is COc1ccc(CON2CCN/C2=N\c2c(Cl)cccc2Cl)nc1.Cl.Cl. The maximum atomic E-state index is 6.16. The van der Waals surface area contributed by atoms with Crippen LogP contribution in [0, 0.1) is 0 Å². The van der Waals surface area contributed by atoms with Crippen LogP contribution >= 0.6 is 48.0 Å². The molecular weight excluding hydrogens is 422 g/mol. The molecule has 1 fully saturated rings. The Kier molecular flexibility index (Phi) is 9.25. The number of hydrogen-bond donors (Lipinski definition) is 1. The van der Waals surface area contributed by atoms with E-state index in [-0.39, 0.29) is 24.8 Å². The Balaban J connectivity index is 0.00000169. The van der Waals surface area contributed by atoms with E-state index in [9.17, 15) is 0 Å². The first-order valence-electron chi connectivity index (χ1n) is 7.33. The van der Waals surface area contributed by atoms with E-state index in [0.717, 1.165) is 12.2 Å². The molecule has 3 rings (SSSR count). The number of rotatable bonds is 5. The van der Waals surface area contributed by atoms with E-state index in [1.54, 1.807) is 36.6 Å². The smallest absolute Gasteiger partial charge is 0.223 e. The number of nitrogens with zero attached hydrogens (tertiary/aromatic N) is 3. The average Bonchev–Trinajstić information content (AvgIpc) is 3.04. The fourth-order valence-corrected chi connectivity index (χ4v) is 2.63. The van der Waals surface area contributed by atoms with Crippen molar-refractivity contribution in [2.24, 2.45) is 4.99 Å². The average molecular weight is 440 g/mol. The fraction of sp³-hybridized carbons (Fsp3) is 0.250. The molecule has 1 aliphatic heterocycles. The molecule has 10 heteroatoms. The van der Waals surface area contributed by atoms with Gasteiger partial charge in [0.1, 0.15) is 18.0 Å². The summed E-state index contributed by atoms with van der Waals surface area (Å²) < 4.78 is 5.09. The highest BCUT2D eigenvalue weighted by molar-refractivity contribution is 6.38. The lowest BCUT2D eigenvalue weighted by Gasteiger charge is -2.17. The van der Waals surface area contributed by atoms with Crippen molar-refractivity contribution in [1.82, 2.24) is 15.4 Å². The summed E-state index contributed by atoms with van der Waals surface area (Å²) in [6.45, 7) is 1.70. The third-order valence-electron chi connectivity index (χ3n) is 3.39. The standard InChI is InChI=1S/C16H16Cl2N4O2.2ClH/c1-23-12-6-5-11(20-9-12)10-24-22-8-7-19-16(22)21-15-13(17)3-2-4-14(15)18;;/h2-6,9H,7-8,10H2,1H3,(H,19,21);2*1H. The van der Waals surface area contributed by atoms with E-state index in [1.807, 2.05) is 12.1 Å². The molecule has 0 atom stereocenters. The van der Waals surface area contributed by atoms with Crippen LogP contribution in [0.2, 0.25) is 10.0 Å². The third kappa shape index (κ3) is 5.53. The molecule has 6 nitrogen and oxygen atoms in total. The minimum absolute atomic E-state index is 0. The molecule has 0 radical (unpaired) electrons. The van der Waals surface area contributed by atoms with Crippen LogP contribution in [-0.4, -0.2) is 36.2 Å². The Morgan fingerprint density at radius 2 is 1.92 bits per heavy atom. The Bertz CT molecular complexity index is 723. The molecule has 26 heavy (non-hydrogen) atoms. The molecule has 2 heterocycles. The number of hydroxylamine groups is 2.